The summed E-state index contributed by atoms with van der Waals surface area (Å²) in [6.07, 6.45) is 2.57. The third-order valence-corrected chi connectivity index (χ3v) is 4.54. The van der Waals surface area contributed by atoms with Crippen molar-refractivity contribution in [3.05, 3.63) is 35.5 Å². The minimum absolute atomic E-state index is 0.0458. The fourth-order valence-electron chi connectivity index (χ4n) is 3.14. The average molecular weight is 425 g/mol. The predicted molar refractivity (Wildman–Crippen MR) is 104 cm³/mol. The topological polar surface area (TPSA) is 89.8 Å². The van der Waals surface area contributed by atoms with Gasteiger partial charge in [-0.3, -0.25) is 9.79 Å². The van der Waals surface area contributed by atoms with Gasteiger partial charge in [0.15, 0.2) is 5.88 Å². The second-order valence-corrected chi connectivity index (χ2v) is 6.59. The molecule has 0 saturated carbocycles. The molecule has 0 radical (unpaired) electrons. The van der Waals surface area contributed by atoms with Gasteiger partial charge in [0.2, 0.25) is 0 Å². The number of allylic oxidation sites excluding steroid dienone is 1. The molecule has 0 aliphatic carbocycles. The van der Waals surface area contributed by atoms with Crippen LogP contribution in [0.15, 0.2) is 34.9 Å². The van der Waals surface area contributed by atoms with Crippen molar-refractivity contribution in [1.82, 2.24) is 20.2 Å². The Morgan fingerprint density at radius 2 is 2.20 bits per heavy atom. The van der Waals surface area contributed by atoms with Gasteiger partial charge in [-0.2, -0.15) is 8.78 Å². The largest absolute Gasteiger partial charge is 0.495 e. The summed E-state index contributed by atoms with van der Waals surface area (Å²) in [5.74, 6) is -0.0357. The summed E-state index contributed by atoms with van der Waals surface area (Å²) in [7, 11) is 1.49. The first-order valence-electron chi connectivity index (χ1n) is 9.20. The zero-order valence-electron chi connectivity index (χ0n) is 16.7. The summed E-state index contributed by atoms with van der Waals surface area (Å²) in [6, 6.07) is 1.70. The minimum Gasteiger partial charge on any atom is -0.495 e. The Kier molecular flexibility index (Phi) is 6.48. The number of rotatable bonds is 8. The van der Waals surface area contributed by atoms with Crippen molar-refractivity contribution < 1.29 is 27.4 Å². The number of methoxy groups -OCH3 is 1. The Morgan fingerprint density at radius 3 is 2.87 bits per heavy atom. The molecule has 1 atom stereocenters. The second-order valence-electron chi connectivity index (χ2n) is 6.59. The van der Waals surface area contributed by atoms with Crippen LogP contribution < -0.4 is 15.4 Å². The number of halogens is 3. The van der Waals surface area contributed by atoms with E-state index in [-0.39, 0.29) is 24.5 Å². The van der Waals surface area contributed by atoms with E-state index in [0.29, 0.717) is 28.1 Å². The van der Waals surface area contributed by atoms with Gasteiger partial charge in [-0.1, -0.05) is 0 Å². The van der Waals surface area contributed by atoms with Gasteiger partial charge < -0.3 is 24.7 Å². The average Bonchev–Trinajstić information content (AvgIpc) is 3.06. The van der Waals surface area contributed by atoms with E-state index in [0.717, 1.165) is 0 Å². The molecule has 0 bridgehead atoms. The highest BCUT2D eigenvalue weighted by Crippen LogP contribution is 2.25. The molecule has 2 aromatic heterocycles. The van der Waals surface area contributed by atoms with Gasteiger partial charge in [0.1, 0.15) is 24.1 Å². The van der Waals surface area contributed by atoms with Crippen LogP contribution in [0.2, 0.25) is 0 Å². The lowest BCUT2D eigenvalue weighted by Crippen LogP contribution is -2.34. The number of hydrogen-bond donors (Lipinski definition) is 2. The van der Waals surface area contributed by atoms with Crippen molar-refractivity contribution in [1.29, 1.82) is 0 Å². The summed E-state index contributed by atoms with van der Waals surface area (Å²) in [5.41, 5.74) is 2.18. The Labute approximate surface area is 170 Å². The number of carbonyl (C=O) groups excluding carboxylic acids is 1. The Hall–Kier alpha value is -3.24. The van der Waals surface area contributed by atoms with Crippen molar-refractivity contribution in [3.63, 3.8) is 0 Å². The van der Waals surface area contributed by atoms with E-state index >= 15 is 0 Å². The Bertz CT molecular complexity index is 1000. The van der Waals surface area contributed by atoms with E-state index in [2.05, 4.69) is 25.3 Å². The van der Waals surface area contributed by atoms with Gasteiger partial charge >= 0.3 is 6.61 Å². The number of nitrogens with zero attached hydrogens (tertiary/aromatic N) is 3. The fraction of sp³-hybridized carbons (Fsp3) is 0.421. The molecule has 0 aromatic carbocycles. The molecule has 0 spiro atoms. The summed E-state index contributed by atoms with van der Waals surface area (Å²) < 4.78 is 49.4. The molecule has 3 rings (SSSR count). The number of hydrogen-bond acceptors (Lipinski definition) is 6. The predicted octanol–water partition coefficient (Wildman–Crippen LogP) is 2.61. The van der Waals surface area contributed by atoms with Gasteiger partial charge in [0.05, 0.1) is 36.6 Å². The van der Waals surface area contributed by atoms with E-state index in [9.17, 15) is 18.0 Å². The number of aromatic nitrogens is 2. The van der Waals surface area contributed by atoms with Crippen molar-refractivity contribution in [2.75, 3.05) is 20.3 Å². The van der Waals surface area contributed by atoms with Gasteiger partial charge in [0.25, 0.3) is 5.91 Å². The monoisotopic (exact) mass is 425 g/mol. The first-order chi connectivity index (χ1) is 14.3. The molecule has 8 nitrogen and oxygen atoms in total. The number of alkyl halides is 3. The van der Waals surface area contributed by atoms with Crippen LogP contribution in [0.25, 0.3) is 11.0 Å². The summed E-state index contributed by atoms with van der Waals surface area (Å²) >= 11 is 0. The maximum Gasteiger partial charge on any atom is 0.388 e. The fourth-order valence-corrected chi connectivity index (χ4v) is 3.14. The lowest BCUT2D eigenvalue weighted by Gasteiger charge is -2.24. The standard InChI is InChI=1S/C19H22F3N5O3/c1-10-14(25-11(2)26-18(10)30-19(21)22)9-27-8-13(17(28)23-5-4-20)16-15(27)6-12(29-3)7-24-16/h6-8,11,19,26H,4-5,9H2,1-3H3,(H,23,28). The molecule has 1 amide bonds. The third-order valence-electron chi connectivity index (χ3n) is 4.54. The maximum atomic E-state index is 12.7. The van der Waals surface area contributed by atoms with Crippen molar-refractivity contribution in [2.24, 2.45) is 4.99 Å². The number of pyridine rings is 1. The van der Waals surface area contributed by atoms with Crippen LogP contribution in [-0.4, -0.2) is 54.3 Å². The second kappa shape index (κ2) is 9.06. The molecule has 1 aliphatic heterocycles. The smallest absolute Gasteiger partial charge is 0.388 e. The van der Waals surface area contributed by atoms with Crippen LogP contribution in [0.5, 0.6) is 5.75 Å². The lowest BCUT2D eigenvalue weighted by atomic mass is 10.1. The van der Waals surface area contributed by atoms with Crippen LogP contribution in [0.3, 0.4) is 0 Å². The van der Waals surface area contributed by atoms with Crippen LogP contribution in [0.4, 0.5) is 13.2 Å². The zero-order chi connectivity index (χ0) is 21.8. The normalized spacial score (nSPS) is 16.5. The summed E-state index contributed by atoms with van der Waals surface area (Å²) in [5, 5.41) is 5.24. The van der Waals surface area contributed by atoms with Crippen LogP contribution in [-0.2, 0) is 11.3 Å². The molecule has 1 aliphatic rings. The number of nitrogens with one attached hydrogen (secondary N) is 2. The van der Waals surface area contributed by atoms with E-state index in [1.165, 1.54) is 13.3 Å². The molecule has 11 heteroatoms. The highest BCUT2D eigenvalue weighted by Gasteiger charge is 2.24. The van der Waals surface area contributed by atoms with Crippen molar-refractivity contribution in [3.8, 4) is 5.75 Å². The molecule has 2 N–H and O–H groups in total. The number of aliphatic imine (C=N–C) groups is 1. The third kappa shape index (κ3) is 4.50. The number of ether oxygens (including phenoxy) is 2. The SMILES string of the molecule is COc1cnc2c(C(=O)NCCF)cn(CC3=NC(C)NC(OC(F)F)=C3C)c2c1. The molecule has 30 heavy (non-hydrogen) atoms. The van der Waals surface area contributed by atoms with Gasteiger partial charge in [-0.25, -0.2) is 9.37 Å². The molecule has 2 aromatic rings. The lowest BCUT2D eigenvalue weighted by molar-refractivity contribution is -0.103. The highest BCUT2D eigenvalue weighted by molar-refractivity contribution is 6.07. The number of amides is 1. The van der Waals surface area contributed by atoms with Crippen LogP contribution in [0.1, 0.15) is 24.2 Å². The zero-order valence-corrected chi connectivity index (χ0v) is 16.7. The summed E-state index contributed by atoms with van der Waals surface area (Å²) in [6.45, 7) is -0.279. The van der Waals surface area contributed by atoms with E-state index < -0.39 is 25.4 Å². The Morgan fingerprint density at radius 1 is 1.43 bits per heavy atom. The molecular weight excluding hydrogens is 403 g/mol. The van der Waals surface area contributed by atoms with Crippen molar-refractivity contribution >= 4 is 22.7 Å². The Balaban J connectivity index is 2.02. The molecular formula is C19H22F3N5O3. The molecule has 0 saturated heterocycles. The number of carbonyl (C=O) groups is 1. The molecule has 162 valence electrons. The minimum atomic E-state index is -2.97. The van der Waals surface area contributed by atoms with E-state index in [1.807, 2.05) is 0 Å². The van der Waals surface area contributed by atoms with Gasteiger partial charge in [-0.15, -0.1) is 0 Å². The first-order valence-corrected chi connectivity index (χ1v) is 9.20. The maximum absolute atomic E-state index is 12.7. The number of fused-ring (bicyclic) bond motifs is 1. The first kappa shape index (κ1) is 21.5. The summed E-state index contributed by atoms with van der Waals surface area (Å²) in [4.78, 5) is 21.2. The molecule has 3 heterocycles. The molecule has 1 unspecified atom stereocenters. The van der Waals surface area contributed by atoms with Gasteiger partial charge in [0, 0.05) is 24.4 Å². The van der Waals surface area contributed by atoms with E-state index in [4.69, 9.17) is 4.74 Å². The highest BCUT2D eigenvalue weighted by atomic mass is 19.3. The van der Waals surface area contributed by atoms with Crippen LogP contribution in [0, 0.1) is 0 Å². The quantitative estimate of drug-likeness (QED) is 0.679. The van der Waals surface area contributed by atoms with Crippen LogP contribution >= 0.6 is 0 Å². The molecule has 0 fully saturated rings. The van der Waals surface area contributed by atoms with Crippen molar-refractivity contribution in [2.45, 2.75) is 33.2 Å². The van der Waals surface area contributed by atoms with Gasteiger partial charge in [-0.05, 0) is 13.8 Å². The van der Waals surface area contributed by atoms with E-state index in [1.54, 1.807) is 30.7 Å².